The van der Waals surface area contributed by atoms with Gasteiger partial charge in [0.15, 0.2) is 0 Å². The second kappa shape index (κ2) is 30.0. The third-order valence-electron chi connectivity index (χ3n) is 6.95. The molecule has 0 radical (unpaired) electrons. The Hall–Kier alpha value is -0.715. The largest absolute Gasteiger partial charge is 1.00 e. The fourth-order valence-electron chi connectivity index (χ4n) is 3.99. The number of rotatable bonds is 11. The molecule has 0 unspecified atom stereocenters. The maximum atomic E-state index is 4.80. The molecule has 0 bridgehead atoms. The molecule has 0 aliphatic heterocycles. The van der Waals surface area contributed by atoms with Crippen molar-refractivity contribution in [2.24, 2.45) is 10.8 Å². The second-order valence-corrected chi connectivity index (χ2v) is 10.8. The van der Waals surface area contributed by atoms with Crippen LogP contribution in [0.2, 0.25) is 0 Å². The van der Waals surface area contributed by atoms with E-state index in [1.54, 1.807) is 0 Å². The standard InChI is InChI=1S/C29H44N3.4C2H6.C2H4.Rb/c1-21(2)28(6,7)19-30-24(5)29(8,9)20-32(10)31-26-17-15-25(16-18-26)23(4)27-14-12-11-13-22(27)3;5*1-2;/h15-18,30H,1,4-5,11-14,19-20H2,2-3,6-10H3;4*1-2H3;1-2H2;/q-1;;;;;;+1. The smallest absolute Gasteiger partial charge is 0.620 e. The van der Waals surface area contributed by atoms with Crippen molar-refractivity contribution < 1.29 is 58.2 Å². The molecule has 43 heavy (non-hydrogen) atoms. The van der Waals surface area contributed by atoms with Crippen molar-refractivity contribution in [2.75, 3.05) is 20.1 Å². The van der Waals surface area contributed by atoms with Crippen molar-refractivity contribution in [3.8, 4) is 0 Å². The van der Waals surface area contributed by atoms with Gasteiger partial charge in [-0.15, -0.1) is 18.8 Å². The molecule has 3 nitrogen and oxygen atoms in total. The summed E-state index contributed by atoms with van der Waals surface area (Å²) in [7, 11) is 2.02. The van der Waals surface area contributed by atoms with E-state index >= 15 is 0 Å². The van der Waals surface area contributed by atoms with Crippen LogP contribution in [0.5, 0.6) is 0 Å². The summed E-state index contributed by atoms with van der Waals surface area (Å²) in [4.78, 5) is 0. The van der Waals surface area contributed by atoms with Crippen LogP contribution in [0.15, 0.2) is 79.6 Å². The van der Waals surface area contributed by atoms with Gasteiger partial charge in [0.05, 0.1) is 0 Å². The van der Waals surface area contributed by atoms with Crippen LogP contribution in [-0.4, -0.2) is 25.1 Å². The summed E-state index contributed by atoms with van der Waals surface area (Å²) in [6.07, 6.45) is 4.92. The third-order valence-corrected chi connectivity index (χ3v) is 6.95. The van der Waals surface area contributed by atoms with E-state index in [0.29, 0.717) is 0 Å². The summed E-state index contributed by atoms with van der Waals surface area (Å²) in [6, 6.07) is 8.47. The first-order valence-corrected chi connectivity index (χ1v) is 16.3. The molecule has 1 aromatic rings. The van der Waals surface area contributed by atoms with Crippen LogP contribution in [0.3, 0.4) is 0 Å². The van der Waals surface area contributed by atoms with Crippen molar-refractivity contribution in [3.63, 3.8) is 0 Å². The summed E-state index contributed by atoms with van der Waals surface area (Å²) in [6.45, 7) is 49.5. The molecule has 0 amide bonds. The SMILES string of the molecule is C=C.C=C(C1=C(C)CCCC1)c1ccc([N-]N(C)CC(C)(C)C(=C)NCC(C)(C)C(=C)C)cc1.CC.CC.CC.CC.[Rb+]. The van der Waals surface area contributed by atoms with Crippen molar-refractivity contribution >= 4 is 11.3 Å². The van der Waals surface area contributed by atoms with Gasteiger partial charge in [0.1, 0.15) is 0 Å². The molecule has 244 valence electrons. The monoisotopic (exact) mass is 667 g/mol. The molecule has 1 aliphatic rings. The second-order valence-electron chi connectivity index (χ2n) is 10.8. The van der Waals surface area contributed by atoms with Crippen molar-refractivity contribution in [1.82, 2.24) is 10.3 Å². The topological polar surface area (TPSA) is 29.4 Å². The minimum absolute atomic E-state index is 0. The van der Waals surface area contributed by atoms with E-state index in [-0.39, 0.29) is 69.0 Å². The minimum Gasteiger partial charge on any atom is -0.620 e. The molecule has 0 atom stereocenters. The minimum atomic E-state index is -0.122. The normalized spacial score (nSPS) is 11.8. The summed E-state index contributed by atoms with van der Waals surface area (Å²) in [5.74, 6) is 0. The maximum absolute atomic E-state index is 4.80. The van der Waals surface area contributed by atoms with Crippen LogP contribution in [0.1, 0.15) is 128 Å². The fourth-order valence-corrected chi connectivity index (χ4v) is 3.99. The van der Waals surface area contributed by atoms with Crippen LogP contribution >= 0.6 is 0 Å². The Morgan fingerprint density at radius 3 is 1.67 bits per heavy atom. The summed E-state index contributed by atoms with van der Waals surface area (Å²) in [5, 5.41) is 5.54. The zero-order valence-corrected chi connectivity index (χ0v) is 36.9. The molecule has 0 aromatic heterocycles. The van der Waals surface area contributed by atoms with Crippen LogP contribution in [0.25, 0.3) is 11.0 Å². The van der Waals surface area contributed by atoms with Crippen molar-refractivity contribution in [3.05, 3.63) is 90.6 Å². The fraction of sp³-hybridized carbons (Fsp3) is 0.590. The van der Waals surface area contributed by atoms with E-state index in [4.69, 9.17) is 5.43 Å². The van der Waals surface area contributed by atoms with Gasteiger partial charge in [-0.2, -0.15) is 0 Å². The van der Waals surface area contributed by atoms with Gasteiger partial charge in [0, 0.05) is 23.1 Å². The van der Waals surface area contributed by atoms with Crippen LogP contribution in [0, 0.1) is 10.8 Å². The van der Waals surface area contributed by atoms with E-state index in [1.807, 2.05) is 67.4 Å². The van der Waals surface area contributed by atoms with Gasteiger partial charge < -0.3 is 15.8 Å². The Kier molecular flexibility index (Phi) is 36.1. The Labute approximate surface area is 320 Å². The van der Waals surface area contributed by atoms with Crippen LogP contribution in [-0.2, 0) is 0 Å². The molecule has 2 rings (SSSR count). The van der Waals surface area contributed by atoms with E-state index in [1.165, 1.54) is 47.1 Å². The molecule has 0 fully saturated rings. The van der Waals surface area contributed by atoms with E-state index in [0.717, 1.165) is 30.9 Å². The van der Waals surface area contributed by atoms with Gasteiger partial charge in [-0.3, -0.25) is 0 Å². The molecule has 0 saturated carbocycles. The Bertz CT molecular complexity index is 892. The average Bonchev–Trinajstić information content (AvgIpc) is 3.01. The zero-order valence-electron chi connectivity index (χ0n) is 32.0. The van der Waals surface area contributed by atoms with Gasteiger partial charge in [0.2, 0.25) is 0 Å². The average molecular weight is 668 g/mol. The van der Waals surface area contributed by atoms with Crippen molar-refractivity contribution in [1.29, 1.82) is 0 Å². The van der Waals surface area contributed by atoms with Gasteiger partial charge in [-0.05, 0) is 69.8 Å². The molecule has 0 spiro atoms. The summed E-state index contributed by atoms with van der Waals surface area (Å²) < 4.78 is 0. The number of nitrogens with one attached hydrogen (secondary N) is 1. The summed E-state index contributed by atoms with van der Waals surface area (Å²) in [5.41, 5.74) is 13.2. The molecule has 1 aromatic carbocycles. The summed E-state index contributed by atoms with van der Waals surface area (Å²) >= 11 is 0. The first-order chi connectivity index (χ1) is 19.8. The van der Waals surface area contributed by atoms with Gasteiger partial charge in [0.25, 0.3) is 0 Å². The van der Waals surface area contributed by atoms with Gasteiger partial charge >= 0.3 is 58.2 Å². The Balaban J connectivity index is -0.000000395. The van der Waals surface area contributed by atoms with Crippen molar-refractivity contribution in [2.45, 2.75) is 123 Å². The van der Waals surface area contributed by atoms with E-state index in [9.17, 15) is 0 Å². The predicted molar refractivity (Wildman–Crippen MR) is 198 cm³/mol. The third kappa shape index (κ3) is 20.8. The molecule has 1 N–H and O–H groups in total. The van der Waals surface area contributed by atoms with Crippen LogP contribution in [0.4, 0.5) is 5.69 Å². The maximum Gasteiger partial charge on any atom is 1.00 e. The first kappa shape index (κ1) is 51.8. The van der Waals surface area contributed by atoms with Gasteiger partial charge in [-0.25, -0.2) is 0 Å². The number of hydrogen-bond donors (Lipinski definition) is 1. The first-order valence-electron chi connectivity index (χ1n) is 16.3. The van der Waals surface area contributed by atoms with Crippen LogP contribution < -0.4 is 63.5 Å². The quantitative estimate of drug-likeness (QED) is 0.188. The Morgan fingerprint density at radius 1 is 0.814 bits per heavy atom. The molecule has 1 aliphatic carbocycles. The molecular formula is C39H72N3Rb. The number of benzene rings is 1. The predicted octanol–water partition coefficient (Wildman–Crippen LogP) is 10.1. The van der Waals surface area contributed by atoms with Gasteiger partial charge in [-0.1, -0.05) is 138 Å². The molecule has 0 saturated heterocycles. The Morgan fingerprint density at radius 2 is 1.26 bits per heavy atom. The van der Waals surface area contributed by atoms with E-state index in [2.05, 4.69) is 104 Å². The number of hydrogen-bond acceptors (Lipinski definition) is 2. The molecule has 4 heteroatoms. The van der Waals surface area contributed by atoms with E-state index < -0.39 is 0 Å². The number of nitrogens with zero attached hydrogens (tertiary/aromatic N) is 2. The molecule has 0 heterocycles. The molecular weight excluding hydrogens is 596 g/mol. The number of allylic oxidation sites excluding steroid dienone is 3. The zero-order chi connectivity index (χ0) is 34.1.